The Hall–Kier alpha value is -0.0951. The van der Waals surface area contributed by atoms with Gasteiger partial charge in [0.05, 0.1) is 24.7 Å². The normalized spacial score (nSPS) is 43.0. The van der Waals surface area contributed by atoms with Gasteiger partial charge in [-0.1, -0.05) is 13.8 Å². The highest BCUT2D eigenvalue weighted by atomic mass is 16.7. The molecule has 0 spiro atoms. The molecule has 5 atom stereocenters. The molecule has 2 rings (SSSR count). The summed E-state index contributed by atoms with van der Waals surface area (Å²) in [6, 6.07) is -0.336. The van der Waals surface area contributed by atoms with Crippen molar-refractivity contribution in [2.45, 2.75) is 44.8 Å². The third-order valence-corrected chi connectivity index (χ3v) is 4.56. The Labute approximate surface area is 104 Å². The Balaban J connectivity index is 2.23. The summed E-state index contributed by atoms with van der Waals surface area (Å²) < 4.78 is 22.5. The van der Waals surface area contributed by atoms with Gasteiger partial charge in [-0.25, -0.2) is 0 Å². The summed E-state index contributed by atoms with van der Waals surface area (Å²) in [6.45, 7) is 6.78. The van der Waals surface area contributed by atoms with E-state index in [9.17, 15) is 0 Å². The van der Waals surface area contributed by atoms with E-state index in [1.165, 1.54) is 0 Å². The van der Waals surface area contributed by atoms with Crippen molar-refractivity contribution in [3.63, 3.8) is 0 Å². The predicted molar refractivity (Wildman–Crippen MR) is 63.8 cm³/mol. The summed E-state index contributed by atoms with van der Waals surface area (Å²) in [7, 11) is 9.18. The van der Waals surface area contributed by atoms with Gasteiger partial charge in [-0.3, -0.25) is 0 Å². The topological polar surface area (TPSA) is 36.9 Å². The van der Waals surface area contributed by atoms with Gasteiger partial charge in [-0.15, -0.1) is 0 Å². The van der Waals surface area contributed by atoms with Crippen LogP contribution in [0.1, 0.15) is 20.8 Å². The lowest BCUT2D eigenvalue weighted by molar-refractivity contribution is -0.416. The van der Waals surface area contributed by atoms with Crippen molar-refractivity contribution < 1.29 is 18.9 Å². The van der Waals surface area contributed by atoms with Crippen LogP contribution in [0.4, 0.5) is 0 Å². The van der Waals surface area contributed by atoms with E-state index in [1.807, 2.05) is 6.92 Å². The molecule has 0 aromatic rings. The van der Waals surface area contributed by atoms with Crippen LogP contribution in [0, 0.1) is 11.3 Å². The minimum atomic E-state index is -0.665. The highest BCUT2D eigenvalue weighted by Crippen LogP contribution is 2.56. The Morgan fingerprint density at radius 1 is 1.41 bits per heavy atom. The molecule has 2 radical (unpaired) electrons. The highest BCUT2D eigenvalue weighted by molar-refractivity contribution is 6.11. The molecule has 2 aliphatic heterocycles. The molecule has 17 heavy (non-hydrogen) atoms. The van der Waals surface area contributed by atoms with Gasteiger partial charge in [0.1, 0.15) is 7.85 Å². The van der Waals surface area contributed by atoms with Gasteiger partial charge in [-0.2, -0.15) is 0 Å². The quantitative estimate of drug-likeness (QED) is 0.685. The molecular formula is C12H21BO4. The molecule has 2 fully saturated rings. The van der Waals surface area contributed by atoms with E-state index in [4.69, 9.17) is 26.8 Å². The van der Waals surface area contributed by atoms with Crippen LogP contribution in [0.25, 0.3) is 0 Å². The third-order valence-electron chi connectivity index (χ3n) is 4.56. The van der Waals surface area contributed by atoms with E-state index in [0.717, 1.165) is 0 Å². The number of fused-ring (bicyclic) bond motifs is 1. The second-order valence-electron chi connectivity index (χ2n) is 5.46. The molecule has 0 aromatic heterocycles. The van der Waals surface area contributed by atoms with Crippen LogP contribution in [0.15, 0.2) is 0 Å². The molecular weight excluding hydrogens is 219 g/mol. The number of ether oxygens (including phenoxy) is 4. The summed E-state index contributed by atoms with van der Waals surface area (Å²) in [5.74, 6) is -0.489. The summed E-state index contributed by atoms with van der Waals surface area (Å²) in [5.41, 5.74) is -0.273. The Morgan fingerprint density at radius 3 is 2.53 bits per heavy atom. The molecule has 0 saturated carbocycles. The van der Waals surface area contributed by atoms with Crippen LogP contribution in [0.3, 0.4) is 0 Å². The van der Waals surface area contributed by atoms with Gasteiger partial charge >= 0.3 is 0 Å². The molecule has 0 amide bonds. The lowest BCUT2D eigenvalue weighted by Gasteiger charge is -2.59. The Bertz CT molecular complexity index is 296. The average Bonchev–Trinajstić information content (AvgIpc) is 2.55. The summed E-state index contributed by atoms with van der Waals surface area (Å²) in [4.78, 5) is 0. The first-order valence-electron chi connectivity index (χ1n) is 6.03. The fourth-order valence-electron chi connectivity index (χ4n) is 3.00. The minimum Gasteiger partial charge on any atom is -0.385 e. The lowest BCUT2D eigenvalue weighted by Crippen LogP contribution is -2.71. The fraction of sp³-hybridized carbons (Fsp3) is 1.00. The molecule has 2 heterocycles. The molecule has 0 N–H and O–H groups in total. The molecule has 2 unspecified atom stereocenters. The molecule has 0 aliphatic carbocycles. The molecule has 0 aromatic carbocycles. The van der Waals surface area contributed by atoms with Crippen molar-refractivity contribution in [2.24, 2.45) is 11.3 Å². The van der Waals surface area contributed by atoms with Crippen molar-refractivity contribution in [1.29, 1.82) is 0 Å². The van der Waals surface area contributed by atoms with E-state index in [0.29, 0.717) is 6.61 Å². The minimum absolute atomic E-state index is 0.0141. The zero-order valence-corrected chi connectivity index (χ0v) is 11.2. The van der Waals surface area contributed by atoms with Crippen LogP contribution in [-0.2, 0) is 18.9 Å². The number of methoxy groups -OCH3 is 2. The smallest absolute Gasteiger partial charge is 0.183 e. The van der Waals surface area contributed by atoms with E-state index < -0.39 is 5.79 Å². The number of hydrogen-bond donors (Lipinski definition) is 0. The summed E-state index contributed by atoms with van der Waals surface area (Å²) in [6.07, 6.45) is -0.0431. The number of hydrogen-bond acceptors (Lipinski definition) is 4. The second-order valence-corrected chi connectivity index (χ2v) is 5.46. The molecule has 2 aliphatic rings. The van der Waals surface area contributed by atoms with Gasteiger partial charge < -0.3 is 18.9 Å². The van der Waals surface area contributed by atoms with E-state index in [2.05, 4.69) is 13.8 Å². The maximum absolute atomic E-state index is 5.95. The second kappa shape index (κ2) is 4.23. The van der Waals surface area contributed by atoms with Crippen LogP contribution in [0.5, 0.6) is 0 Å². The van der Waals surface area contributed by atoms with Gasteiger partial charge in [0.2, 0.25) is 0 Å². The third kappa shape index (κ3) is 1.60. The SMILES string of the molecule is [B][C@@H]1OCC2[C@@H]1O[C@]2(OC)C(C)(C)C(C)OC. The molecule has 96 valence electrons. The predicted octanol–water partition coefficient (Wildman–Crippen LogP) is 0.930. The zero-order chi connectivity index (χ0) is 12.8. The van der Waals surface area contributed by atoms with Crippen LogP contribution >= 0.6 is 0 Å². The first kappa shape index (κ1) is 13.3. The lowest BCUT2D eigenvalue weighted by atomic mass is 9.66. The van der Waals surface area contributed by atoms with E-state index in [1.54, 1.807) is 14.2 Å². The Morgan fingerprint density at radius 2 is 2.06 bits per heavy atom. The van der Waals surface area contributed by atoms with E-state index >= 15 is 0 Å². The Kier molecular flexibility index (Phi) is 3.32. The summed E-state index contributed by atoms with van der Waals surface area (Å²) >= 11 is 0. The average molecular weight is 240 g/mol. The van der Waals surface area contributed by atoms with Gasteiger partial charge in [0.25, 0.3) is 0 Å². The number of rotatable bonds is 4. The van der Waals surface area contributed by atoms with Gasteiger partial charge in [-0.05, 0) is 6.92 Å². The first-order chi connectivity index (χ1) is 7.90. The van der Waals surface area contributed by atoms with Gasteiger partial charge in [0, 0.05) is 25.6 Å². The maximum atomic E-state index is 5.95. The largest absolute Gasteiger partial charge is 0.385 e. The van der Waals surface area contributed by atoms with Crippen LogP contribution in [0.2, 0.25) is 0 Å². The van der Waals surface area contributed by atoms with Crippen molar-refractivity contribution in [1.82, 2.24) is 0 Å². The standard InChI is InChI=1S/C12H21BO4/c1-7(14-4)11(2,3)12(15-5)8-6-16-10(13)9(8)17-12/h7-10H,6H2,1-5H3/t7?,8?,9-,10+,12-/m0/s1. The van der Waals surface area contributed by atoms with Crippen LogP contribution in [-0.4, -0.2) is 52.7 Å². The van der Waals surface area contributed by atoms with Crippen molar-refractivity contribution in [2.75, 3.05) is 20.8 Å². The molecule has 2 saturated heterocycles. The highest BCUT2D eigenvalue weighted by Gasteiger charge is 2.68. The van der Waals surface area contributed by atoms with Gasteiger partial charge in [0.15, 0.2) is 5.79 Å². The first-order valence-corrected chi connectivity index (χ1v) is 6.03. The molecule has 4 nitrogen and oxygen atoms in total. The fourth-order valence-corrected chi connectivity index (χ4v) is 3.00. The van der Waals surface area contributed by atoms with Crippen LogP contribution < -0.4 is 0 Å². The van der Waals surface area contributed by atoms with Crippen molar-refractivity contribution in [3.05, 3.63) is 0 Å². The maximum Gasteiger partial charge on any atom is 0.183 e. The zero-order valence-electron chi connectivity index (χ0n) is 11.2. The van der Waals surface area contributed by atoms with Crippen molar-refractivity contribution >= 4 is 7.85 Å². The summed E-state index contributed by atoms with van der Waals surface area (Å²) in [5, 5.41) is 0. The monoisotopic (exact) mass is 240 g/mol. The molecule has 0 bridgehead atoms. The van der Waals surface area contributed by atoms with E-state index in [-0.39, 0.29) is 29.5 Å². The van der Waals surface area contributed by atoms with Crippen molar-refractivity contribution in [3.8, 4) is 0 Å². The molecule has 5 heteroatoms.